The average Bonchev–Trinajstić information content (AvgIpc) is 3.17. The number of nitrogens with one attached hydrogen (secondary N) is 2. The van der Waals surface area contributed by atoms with Crippen LogP contribution in [0.4, 0.5) is 11.4 Å². The van der Waals surface area contributed by atoms with Crippen LogP contribution in [0.15, 0.2) is 53.3 Å². The van der Waals surface area contributed by atoms with Gasteiger partial charge < -0.3 is 10.1 Å². The first-order valence-electron chi connectivity index (χ1n) is 8.53. The Morgan fingerprint density at radius 2 is 1.86 bits per heavy atom. The maximum Gasteiger partial charge on any atom is 0.261 e. The number of ether oxygens (including phenoxy) is 1. The second-order valence-electron chi connectivity index (χ2n) is 6.11. The summed E-state index contributed by atoms with van der Waals surface area (Å²) in [5.41, 5.74) is 0.860. The Kier molecular flexibility index (Phi) is 5.94. The highest BCUT2D eigenvalue weighted by Crippen LogP contribution is 2.23. The largest absolute Gasteiger partial charge is 0.381 e. The molecular formula is C18H18N6O3S. The molecule has 1 aromatic heterocycles. The zero-order valence-electron chi connectivity index (χ0n) is 14.9. The molecule has 1 fully saturated rings. The Labute approximate surface area is 162 Å². The Morgan fingerprint density at radius 1 is 1.18 bits per heavy atom. The van der Waals surface area contributed by atoms with Gasteiger partial charge in [0, 0.05) is 31.3 Å². The number of hydrogen-bond acceptors (Lipinski definition) is 7. The van der Waals surface area contributed by atoms with Crippen molar-refractivity contribution in [3.8, 4) is 12.1 Å². The van der Waals surface area contributed by atoms with Crippen LogP contribution in [0.1, 0.15) is 18.9 Å². The molecule has 0 radical (unpaired) electrons. The quantitative estimate of drug-likeness (QED) is 0.714. The van der Waals surface area contributed by atoms with Gasteiger partial charge in [-0.3, -0.25) is 9.40 Å². The van der Waals surface area contributed by atoms with E-state index in [1.165, 1.54) is 24.5 Å². The minimum Gasteiger partial charge on any atom is -0.381 e. The highest BCUT2D eigenvalue weighted by Gasteiger charge is 2.19. The van der Waals surface area contributed by atoms with E-state index in [9.17, 15) is 8.42 Å². The Hall–Kier alpha value is -3.34. The number of benzene rings is 1. The van der Waals surface area contributed by atoms with Gasteiger partial charge in [-0.2, -0.15) is 15.6 Å². The molecule has 0 bridgehead atoms. The van der Waals surface area contributed by atoms with Crippen molar-refractivity contribution in [1.29, 1.82) is 10.5 Å². The summed E-state index contributed by atoms with van der Waals surface area (Å²) in [4.78, 5) is 0.0848. The molecule has 2 N–H and O–H groups in total. The van der Waals surface area contributed by atoms with E-state index in [2.05, 4.69) is 15.1 Å². The monoisotopic (exact) mass is 398 g/mol. The molecule has 0 amide bonds. The molecule has 0 atom stereocenters. The van der Waals surface area contributed by atoms with Gasteiger partial charge in [-0.05, 0) is 37.1 Å². The summed E-state index contributed by atoms with van der Waals surface area (Å²) in [7, 11) is -3.76. The van der Waals surface area contributed by atoms with Crippen LogP contribution >= 0.6 is 0 Å². The fourth-order valence-electron chi connectivity index (χ4n) is 2.73. The summed E-state index contributed by atoms with van der Waals surface area (Å²) in [6.07, 6.45) is 6.11. The second-order valence-corrected chi connectivity index (χ2v) is 7.79. The number of sulfonamides is 1. The normalized spacial score (nSPS) is 14.5. The van der Waals surface area contributed by atoms with Gasteiger partial charge in [0.05, 0.1) is 22.8 Å². The van der Waals surface area contributed by atoms with Crippen LogP contribution in [-0.2, 0) is 14.8 Å². The molecule has 0 unspecified atom stereocenters. The molecule has 0 spiro atoms. The summed E-state index contributed by atoms with van der Waals surface area (Å²) in [5, 5.41) is 24.4. The number of allylic oxidation sites excluding steroid dienone is 1. The Morgan fingerprint density at radius 3 is 2.50 bits per heavy atom. The maximum atomic E-state index is 12.6. The van der Waals surface area contributed by atoms with Gasteiger partial charge in [-0.25, -0.2) is 8.42 Å². The minimum absolute atomic E-state index is 0.0834. The van der Waals surface area contributed by atoms with E-state index >= 15 is 0 Å². The number of aromatic nitrogens is 2. The van der Waals surface area contributed by atoms with E-state index in [0.29, 0.717) is 24.6 Å². The van der Waals surface area contributed by atoms with E-state index < -0.39 is 10.0 Å². The van der Waals surface area contributed by atoms with E-state index in [4.69, 9.17) is 15.3 Å². The maximum absolute atomic E-state index is 12.6. The van der Waals surface area contributed by atoms with Gasteiger partial charge in [-0.1, -0.05) is 0 Å². The van der Waals surface area contributed by atoms with Crippen molar-refractivity contribution in [2.45, 2.75) is 23.8 Å². The predicted molar refractivity (Wildman–Crippen MR) is 101 cm³/mol. The summed E-state index contributed by atoms with van der Waals surface area (Å²) in [6, 6.07) is 9.61. The fraction of sp³-hybridized carbons (Fsp3) is 0.278. The van der Waals surface area contributed by atoms with Gasteiger partial charge >= 0.3 is 0 Å². The standard InChI is InChI=1S/C18H18N6O3S/c19-9-14(10-20)11-21-15-1-3-18(4-2-15)28(25,26)23-16-12-22-24(13-16)17-5-7-27-8-6-17/h1-4,11-13,17,21,23H,5-8H2. The molecule has 1 saturated heterocycles. The van der Waals surface area contributed by atoms with Crippen molar-refractivity contribution in [1.82, 2.24) is 9.78 Å². The lowest BCUT2D eigenvalue weighted by Gasteiger charge is -2.22. The summed E-state index contributed by atoms with van der Waals surface area (Å²) in [6.45, 7) is 1.34. The SMILES string of the molecule is N#CC(C#N)=CNc1ccc(S(=O)(=O)Nc2cnn(C3CCOCC3)c2)cc1. The van der Waals surface area contributed by atoms with Gasteiger partial charge in [0.1, 0.15) is 17.7 Å². The molecule has 2 aromatic rings. The number of nitriles is 2. The number of anilines is 2. The number of rotatable bonds is 6. The third-order valence-corrected chi connectivity index (χ3v) is 5.60. The van der Waals surface area contributed by atoms with Gasteiger partial charge in [0.15, 0.2) is 0 Å². The van der Waals surface area contributed by atoms with Crippen LogP contribution in [-0.4, -0.2) is 31.4 Å². The molecule has 1 aliphatic rings. The van der Waals surface area contributed by atoms with Crippen molar-refractivity contribution in [2.75, 3.05) is 23.3 Å². The molecule has 1 aromatic carbocycles. The van der Waals surface area contributed by atoms with Crippen molar-refractivity contribution in [3.05, 3.63) is 48.4 Å². The van der Waals surface area contributed by atoms with Crippen LogP contribution in [0.25, 0.3) is 0 Å². The zero-order valence-corrected chi connectivity index (χ0v) is 15.7. The van der Waals surface area contributed by atoms with Crippen molar-refractivity contribution in [3.63, 3.8) is 0 Å². The van der Waals surface area contributed by atoms with E-state index in [0.717, 1.165) is 12.8 Å². The number of nitrogens with zero attached hydrogens (tertiary/aromatic N) is 4. The molecule has 0 saturated carbocycles. The van der Waals surface area contributed by atoms with Crippen LogP contribution in [0, 0.1) is 22.7 Å². The molecule has 9 nitrogen and oxygen atoms in total. The third kappa shape index (κ3) is 4.68. The van der Waals surface area contributed by atoms with Gasteiger partial charge in [0.2, 0.25) is 0 Å². The van der Waals surface area contributed by atoms with Crippen molar-refractivity contribution in [2.24, 2.45) is 0 Å². The molecule has 2 heterocycles. The third-order valence-electron chi connectivity index (χ3n) is 4.21. The van der Waals surface area contributed by atoms with Crippen molar-refractivity contribution < 1.29 is 13.2 Å². The smallest absolute Gasteiger partial charge is 0.261 e. The molecule has 144 valence electrons. The first kappa shape index (κ1) is 19.4. The van der Waals surface area contributed by atoms with E-state index in [1.807, 2.05) is 0 Å². The fourth-order valence-corrected chi connectivity index (χ4v) is 3.76. The molecule has 0 aliphatic carbocycles. The van der Waals surface area contributed by atoms with Gasteiger partial charge in [-0.15, -0.1) is 0 Å². The molecule has 28 heavy (non-hydrogen) atoms. The number of hydrogen-bond donors (Lipinski definition) is 2. The minimum atomic E-state index is -3.76. The topological polar surface area (TPSA) is 133 Å². The van der Waals surface area contributed by atoms with Crippen LogP contribution < -0.4 is 10.0 Å². The van der Waals surface area contributed by atoms with E-state index in [1.54, 1.807) is 35.1 Å². The molecule has 10 heteroatoms. The average molecular weight is 398 g/mol. The lowest BCUT2D eigenvalue weighted by molar-refractivity contribution is 0.0662. The van der Waals surface area contributed by atoms with Crippen LogP contribution in [0.5, 0.6) is 0 Å². The first-order valence-corrected chi connectivity index (χ1v) is 10.0. The molecule has 3 rings (SSSR count). The molecule has 1 aliphatic heterocycles. The van der Waals surface area contributed by atoms with Gasteiger partial charge in [0.25, 0.3) is 10.0 Å². The Balaban J connectivity index is 1.68. The lowest BCUT2D eigenvalue weighted by atomic mass is 10.1. The highest BCUT2D eigenvalue weighted by atomic mass is 32.2. The summed E-state index contributed by atoms with van der Waals surface area (Å²) in [5.74, 6) is 0. The first-order chi connectivity index (χ1) is 13.5. The lowest BCUT2D eigenvalue weighted by Crippen LogP contribution is -2.19. The van der Waals surface area contributed by atoms with Crippen molar-refractivity contribution >= 4 is 21.4 Å². The summed E-state index contributed by atoms with van der Waals surface area (Å²) < 4.78 is 34.8. The second kappa shape index (κ2) is 8.57. The molecular weight excluding hydrogens is 380 g/mol. The van der Waals surface area contributed by atoms with E-state index in [-0.39, 0.29) is 16.5 Å². The zero-order chi connectivity index (χ0) is 20.0. The Bertz CT molecular complexity index is 1020. The highest BCUT2D eigenvalue weighted by molar-refractivity contribution is 7.92. The summed E-state index contributed by atoms with van der Waals surface area (Å²) >= 11 is 0. The predicted octanol–water partition coefficient (Wildman–Crippen LogP) is 2.38. The van der Waals surface area contributed by atoms with Crippen LogP contribution in [0.2, 0.25) is 0 Å². The van der Waals surface area contributed by atoms with Crippen LogP contribution in [0.3, 0.4) is 0 Å².